The van der Waals surface area contributed by atoms with Gasteiger partial charge < -0.3 is 0 Å². The van der Waals surface area contributed by atoms with Gasteiger partial charge in [-0.3, -0.25) is 10.1 Å². The van der Waals surface area contributed by atoms with E-state index in [9.17, 15) is 18.5 Å². The minimum atomic E-state index is -3.04. The Morgan fingerprint density at radius 2 is 2.12 bits per heavy atom. The van der Waals surface area contributed by atoms with E-state index in [4.69, 9.17) is 0 Å². The van der Waals surface area contributed by atoms with E-state index < -0.39 is 14.8 Å². The highest BCUT2D eigenvalue weighted by molar-refractivity contribution is 9.10. The molecule has 0 fully saturated rings. The number of halogens is 1. The van der Waals surface area contributed by atoms with Crippen molar-refractivity contribution in [2.45, 2.75) is 4.90 Å². The second-order valence-electron chi connectivity index (χ2n) is 3.35. The van der Waals surface area contributed by atoms with Gasteiger partial charge in [0.15, 0.2) is 0 Å². The maximum absolute atomic E-state index is 10.9. The van der Waals surface area contributed by atoms with Crippen molar-refractivity contribution < 1.29 is 13.3 Å². The zero-order valence-corrected chi connectivity index (χ0v) is 12.1. The summed E-state index contributed by atoms with van der Waals surface area (Å²) in [4.78, 5) is 10.8. The van der Waals surface area contributed by atoms with Gasteiger partial charge in [0, 0.05) is 22.5 Å². The van der Waals surface area contributed by atoms with E-state index in [1.807, 2.05) is 0 Å². The van der Waals surface area contributed by atoms with Gasteiger partial charge in [0.05, 0.1) is 15.6 Å². The number of benzene rings is 1. The number of thioether (sulfide) groups is 1. The number of sulfone groups is 1. The first kappa shape index (κ1) is 14.5. The summed E-state index contributed by atoms with van der Waals surface area (Å²) in [7, 11) is -3.04. The molecule has 1 rings (SSSR count). The summed E-state index contributed by atoms with van der Waals surface area (Å²) in [6.07, 6.45) is 1.14. The van der Waals surface area contributed by atoms with Gasteiger partial charge in [0.1, 0.15) is 9.84 Å². The lowest BCUT2D eigenvalue weighted by atomic mass is 10.3. The normalized spacial score (nSPS) is 11.4. The van der Waals surface area contributed by atoms with Crippen molar-refractivity contribution in [2.75, 3.05) is 17.8 Å². The molecule has 0 spiro atoms. The molecule has 0 aliphatic rings. The summed E-state index contributed by atoms with van der Waals surface area (Å²) in [5.74, 6) is 0.312. The summed E-state index contributed by atoms with van der Waals surface area (Å²) in [5, 5.41) is 10.8. The van der Waals surface area contributed by atoms with Gasteiger partial charge in [0.25, 0.3) is 5.69 Å². The smallest absolute Gasteiger partial charge is 0.258 e. The molecule has 0 saturated carbocycles. The van der Waals surface area contributed by atoms with Crippen LogP contribution in [-0.4, -0.2) is 31.1 Å². The summed E-state index contributed by atoms with van der Waals surface area (Å²) in [6.45, 7) is 0. The van der Waals surface area contributed by atoms with Crippen LogP contribution in [0.5, 0.6) is 0 Å². The van der Waals surface area contributed by atoms with Crippen LogP contribution in [0.4, 0.5) is 5.69 Å². The molecule has 0 aliphatic heterocycles. The molecule has 0 amide bonds. The van der Waals surface area contributed by atoms with Crippen molar-refractivity contribution in [3.63, 3.8) is 0 Å². The van der Waals surface area contributed by atoms with Gasteiger partial charge in [0.2, 0.25) is 0 Å². The fourth-order valence-electron chi connectivity index (χ4n) is 1.06. The maximum Gasteiger partial charge on any atom is 0.283 e. The molecule has 5 nitrogen and oxygen atoms in total. The first-order valence-electron chi connectivity index (χ1n) is 4.54. The largest absolute Gasteiger partial charge is 0.283 e. The molecule has 94 valence electrons. The summed E-state index contributed by atoms with van der Waals surface area (Å²) in [6, 6.07) is 4.70. The molecule has 17 heavy (non-hydrogen) atoms. The number of nitro groups is 1. The Morgan fingerprint density at radius 3 is 2.65 bits per heavy atom. The molecule has 0 unspecified atom stereocenters. The van der Waals surface area contributed by atoms with E-state index in [2.05, 4.69) is 15.9 Å². The Kier molecular flexibility index (Phi) is 4.96. The summed E-state index contributed by atoms with van der Waals surface area (Å²) in [5.41, 5.74) is -0.0159. The number of hydrogen-bond acceptors (Lipinski definition) is 5. The Balaban J connectivity index is 2.81. The number of nitrogens with zero attached hydrogens (tertiary/aromatic N) is 1. The third kappa shape index (κ3) is 5.05. The van der Waals surface area contributed by atoms with Crippen molar-refractivity contribution in [1.82, 2.24) is 0 Å². The predicted octanol–water partition coefficient (Wildman–Crippen LogP) is 2.49. The zero-order chi connectivity index (χ0) is 13.1. The van der Waals surface area contributed by atoms with Gasteiger partial charge >= 0.3 is 0 Å². The van der Waals surface area contributed by atoms with Crippen LogP contribution in [0.2, 0.25) is 0 Å². The van der Waals surface area contributed by atoms with E-state index in [0.29, 0.717) is 15.1 Å². The van der Waals surface area contributed by atoms with Crippen LogP contribution in [0.3, 0.4) is 0 Å². The summed E-state index contributed by atoms with van der Waals surface area (Å²) >= 11 is 4.32. The van der Waals surface area contributed by atoms with E-state index in [-0.39, 0.29) is 11.4 Å². The molecule has 0 saturated heterocycles. The number of hydrogen-bond donors (Lipinski definition) is 0. The lowest BCUT2D eigenvalue weighted by Crippen LogP contribution is -2.05. The number of nitro benzene ring substituents is 1. The van der Waals surface area contributed by atoms with Gasteiger partial charge in [-0.05, 0) is 12.1 Å². The average molecular weight is 340 g/mol. The fraction of sp³-hybridized carbons (Fsp3) is 0.333. The molecule has 0 N–H and O–H groups in total. The van der Waals surface area contributed by atoms with Gasteiger partial charge in [-0.2, -0.15) is 0 Å². The SMILES string of the molecule is CS(=O)(=O)CCSc1ccc(Br)cc1[N+](=O)[O-]. The van der Waals surface area contributed by atoms with E-state index >= 15 is 0 Å². The highest BCUT2D eigenvalue weighted by atomic mass is 79.9. The lowest BCUT2D eigenvalue weighted by molar-refractivity contribution is -0.387. The average Bonchev–Trinajstić information content (AvgIpc) is 2.18. The molecule has 0 atom stereocenters. The molecule has 0 radical (unpaired) electrons. The fourth-order valence-corrected chi connectivity index (χ4v) is 3.62. The van der Waals surface area contributed by atoms with Crippen molar-refractivity contribution in [3.8, 4) is 0 Å². The molecule has 0 bridgehead atoms. The molecule has 1 aromatic rings. The number of rotatable bonds is 5. The van der Waals surface area contributed by atoms with Crippen molar-refractivity contribution in [3.05, 3.63) is 32.8 Å². The standard InChI is InChI=1S/C9H10BrNO4S2/c1-17(14,15)5-4-16-9-3-2-7(10)6-8(9)11(12)13/h2-3,6H,4-5H2,1H3. The highest BCUT2D eigenvalue weighted by Gasteiger charge is 2.15. The Morgan fingerprint density at radius 1 is 1.47 bits per heavy atom. The third-order valence-corrected chi connectivity index (χ3v) is 4.59. The topological polar surface area (TPSA) is 77.3 Å². The highest BCUT2D eigenvalue weighted by Crippen LogP contribution is 2.31. The molecular formula is C9H10BrNO4S2. The molecule has 0 heterocycles. The van der Waals surface area contributed by atoms with Crippen molar-refractivity contribution in [1.29, 1.82) is 0 Å². The minimum Gasteiger partial charge on any atom is -0.258 e. The van der Waals surface area contributed by atoms with Gasteiger partial charge in [-0.15, -0.1) is 11.8 Å². The molecule has 0 aliphatic carbocycles. The lowest BCUT2D eigenvalue weighted by Gasteiger charge is -2.02. The van der Waals surface area contributed by atoms with Gasteiger partial charge in [-0.1, -0.05) is 15.9 Å². The first-order valence-corrected chi connectivity index (χ1v) is 8.38. The molecule has 8 heteroatoms. The zero-order valence-electron chi connectivity index (χ0n) is 8.92. The first-order chi connectivity index (χ1) is 7.79. The molecule has 0 aromatic heterocycles. The van der Waals surface area contributed by atoms with Crippen LogP contribution in [0.25, 0.3) is 0 Å². The minimum absolute atomic E-state index is 0.00485. The third-order valence-electron chi connectivity index (χ3n) is 1.83. The van der Waals surface area contributed by atoms with Crippen LogP contribution in [0, 0.1) is 10.1 Å². The van der Waals surface area contributed by atoms with Gasteiger partial charge in [-0.25, -0.2) is 8.42 Å². The van der Waals surface area contributed by atoms with Crippen molar-refractivity contribution >= 4 is 43.2 Å². The Labute approximate surface area is 112 Å². The van der Waals surface area contributed by atoms with Crippen molar-refractivity contribution in [2.24, 2.45) is 0 Å². The predicted molar refractivity (Wildman–Crippen MR) is 71.2 cm³/mol. The molecular weight excluding hydrogens is 330 g/mol. The second kappa shape index (κ2) is 5.83. The molecule has 1 aromatic carbocycles. The van der Waals surface area contributed by atoms with Crippen LogP contribution in [0.15, 0.2) is 27.6 Å². The Bertz CT molecular complexity index is 530. The Hall–Kier alpha value is -0.600. The monoisotopic (exact) mass is 339 g/mol. The van der Waals surface area contributed by atoms with Crippen LogP contribution in [-0.2, 0) is 9.84 Å². The van der Waals surface area contributed by atoms with Crippen LogP contribution < -0.4 is 0 Å². The van der Waals surface area contributed by atoms with Crippen LogP contribution >= 0.6 is 27.7 Å². The summed E-state index contributed by atoms with van der Waals surface area (Å²) < 4.78 is 22.5. The van der Waals surface area contributed by atoms with E-state index in [1.165, 1.54) is 17.8 Å². The maximum atomic E-state index is 10.9. The van der Waals surface area contributed by atoms with Crippen LogP contribution in [0.1, 0.15) is 0 Å². The van der Waals surface area contributed by atoms with E-state index in [0.717, 1.165) is 6.26 Å². The quantitative estimate of drug-likeness (QED) is 0.468. The van der Waals surface area contributed by atoms with E-state index in [1.54, 1.807) is 12.1 Å². The second-order valence-corrected chi connectivity index (χ2v) is 7.66.